The normalized spacial score (nSPS) is 20.5. The molecule has 10 heteroatoms. The summed E-state index contributed by atoms with van der Waals surface area (Å²) in [6.07, 6.45) is 3.24. The lowest BCUT2D eigenvalue weighted by Crippen LogP contribution is -3.10. The molecule has 0 spiro atoms. The third kappa shape index (κ3) is 6.27. The van der Waals surface area contributed by atoms with Crippen molar-refractivity contribution in [1.82, 2.24) is 0 Å². The van der Waals surface area contributed by atoms with E-state index in [0.29, 0.717) is 45.4 Å². The molecular weight excluding hydrogens is 639 g/mol. The predicted molar refractivity (Wildman–Crippen MR) is 171 cm³/mol. The molecule has 8 nitrogen and oxygen atoms in total. The van der Waals surface area contributed by atoms with Gasteiger partial charge < -0.3 is 63.4 Å². The lowest BCUT2D eigenvalue weighted by molar-refractivity contribution is -0.923. The van der Waals surface area contributed by atoms with Crippen molar-refractivity contribution in [2.45, 2.75) is 37.8 Å². The molecule has 3 atom stereocenters. The van der Waals surface area contributed by atoms with E-state index in [1.54, 1.807) is 20.3 Å². The first-order valence-corrected chi connectivity index (χ1v) is 15.7. The number of hydrogen-bond donors (Lipinski definition) is 3. The molecule has 250 valence electrons. The quantitative estimate of drug-likeness (QED) is 0.243. The zero-order valence-corrected chi connectivity index (χ0v) is 28.9. The first-order valence-electron chi connectivity index (χ1n) is 15.7. The highest BCUT2D eigenvalue weighted by atomic mass is 35.5. The Labute approximate surface area is 288 Å². The summed E-state index contributed by atoms with van der Waals surface area (Å²) in [5.74, 6) is 3.20. The van der Waals surface area contributed by atoms with Gasteiger partial charge in [-0.05, 0) is 64.7 Å². The van der Waals surface area contributed by atoms with Crippen molar-refractivity contribution in [2.75, 3.05) is 48.5 Å². The van der Waals surface area contributed by atoms with Crippen LogP contribution >= 0.6 is 0 Å². The highest BCUT2D eigenvalue weighted by Gasteiger charge is 2.41. The molecule has 2 unspecified atom stereocenters. The Morgan fingerprint density at radius 3 is 2.21 bits per heavy atom. The number of methoxy groups -OCH3 is 2. The smallest absolute Gasteiger partial charge is 0.201 e. The molecule has 0 aromatic heterocycles. The van der Waals surface area contributed by atoms with Crippen molar-refractivity contribution in [3.05, 3.63) is 94.0 Å². The first-order chi connectivity index (χ1) is 21.6. The SMILES string of the molecule is COc1cc2c3cc1Oc1cc(ccc1O)C[C@@H]1c4c(cc(OC)c(O)c4Oc4ccc(cc4)CC3[NH+](C)CC2)CC[N+]1(C)C.[Cl-].[Cl-]. The maximum absolute atomic E-state index is 11.5. The first kappa shape index (κ1) is 34.5. The monoisotopic (exact) mass is 680 g/mol. The third-order valence-corrected chi connectivity index (χ3v) is 10.1. The number of phenols is 2. The molecule has 4 aromatic carbocycles. The standard InChI is InChI=1S/C37H40N2O6.2ClH/c1-38-14-12-24-19-32(42-4)33-21-27(24)28(38)16-22-6-9-26(10-7-22)44-37-35-25(20-34(43-5)36(37)41)13-15-39(2,3)29(35)17-23-8-11-30(40)31(18-23)45-33;;/h6-11,18-21,28-29H,12-17H2,1-5H3,(H-,40,41);2*1H/t28?,29-;;/m1../s1. The second-order valence-corrected chi connectivity index (χ2v) is 13.3. The van der Waals surface area contributed by atoms with Gasteiger partial charge in [0.1, 0.15) is 17.8 Å². The number of ether oxygens (including phenoxy) is 4. The highest BCUT2D eigenvalue weighted by Crippen LogP contribution is 2.51. The van der Waals surface area contributed by atoms with E-state index in [0.717, 1.165) is 49.0 Å². The van der Waals surface area contributed by atoms with Gasteiger partial charge in [0.05, 0.1) is 54.0 Å². The molecule has 0 aliphatic carbocycles. The van der Waals surface area contributed by atoms with E-state index in [-0.39, 0.29) is 48.4 Å². The van der Waals surface area contributed by atoms with Crippen LogP contribution in [0, 0.1) is 0 Å². The largest absolute Gasteiger partial charge is 1.00 e. The molecule has 0 saturated heterocycles. The van der Waals surface area contributed by atoms with Crippen LogP contribution in [0.5, 0.6) is 46.0 Å². The molecule has 0 radical (unpaired) electrons. The number of aromatic hydroxyl groups is 2. The Morgan fingerprint density at radius 1 is 0.787 bits per heavy atom. The zero-order valence-electron chi connectivity index (χ0n) is 27.4. The van der Waals surface area contributed by atoms with Crippen molar-refractivity contribution in [3.63, 3.8) is 0 Å². The fraction of sp³-hybridized carbons (Fsp3) is 0.351. The predicted octanol–water partition coefficient (Wildman–Crippen LogP) is -0.708. The molecule has 4 aliphatic heterocycles. The third-order valence-electron chi connectivity index (χ3n) is 10.1. The van der Waals surface area contributed by atoms with Gasteiger partial charge in [-0.2, -0.15) is 0 Å². The molecular formula is C37H42Cl2N2O6. The average molecular weight is 682 g/mol. The van der Waals surface area contributed by atoms with Crippen LogP contribution in [0.4, 0.5) is 0 Å². The minimum Gasteiger partial charge on any atom is -1.00 e. The van der Waals surface area contributed by atoms with Crippen LogP contribution in [0.2, 0.25) is 0 Å². The number of hydrogen-bond acceptors (Lipinski definition) is 6. The fourth-order valence-electron chi connectivity index (χ4n) is 7.39. The number of quaternary nitrogens is 2. The minimum atomic E-state index is -0.0475. The number of nitrogens with one attached hydrogen (secondary N) is 1. The van der Waals surface area contributed by atoms with Crippen LogP contribution in [-0.2, 0) is 25.7 Å². The molecule has 8 rings (SSSR count). The Balaban J connectivity index is 0.00000217. The van der Waals surface area contributed by atoms with E-state index >= 15 is 0 Å². The van der Waals surface area contributed by atoms with Crippen molar-refractivity contribution >= 4 is 0 Å². The lowest BCUT2D eigenvalue weighted by Gasteiger charge is -2.43. The molecule has 0 saturated carbocycles. The van der Waals surface area contributed by atoms with Gasteiger partial charge in [-0.25, -0.2) is 0 Å². The molecule has 47 heavy (non-hydrogen) atoms. The van der Waals surface area contributed by atoms with Gasteiger partial charge >= 0.3 is 0 Å². The summed E-state index contributed by atoms with van der Waals surface area (Å²) in [4.78, 5) is 1.43. The van der Waals surface area contributed by atoms with Gasteiger partial charge in [0.15, 0.2) is 34.5 Å². The van der Waals surface area contributed by atoms with Gasteiger partial charge in [-0.15, -0.1) is 0 Å². The molecule has 4 aliphatic rings. The molecule has 3 N–H and O–H groups in total. The molecule has 0 fully saturated rings. The lowest BCUT2D eigenvalue weighted by atomic mass is 9.86. The van der Waals surface area contributed by atoms with E-state index < -0.39 is 0 Å². The van der Waals surface area contributed by atoms with Crippen LogP contribution in [0.3, 0.4) is 0 Å². The maximum Gasteiger partial charge on any atom is 0.201 e. The summed E-state index contributed by atoms with van der Waals surface area (Å²) < 4.78 is 25.2. The van der Waals surface area contributed by atoms with Crippen molar-refractivity contribution in [2.24, 2.45) is 0 Å². The molecule has 0 amide bonds. The number of rotatable bonds is 2. The van der Waals surface area contributed by atoms with Crippen LogP contribution < -0.4 is 48.7 Å². The van der Waals surface area contributed by atoms with Crippen molar-refractivity contribution in [1.29, 1.82) is 0 Å². The fourth-order valence-corrected chi connectivity index (χ4v) is 7.39. The molecule has 4 aromatic rings. The number of fused-ring (bicyclic) bond motifs is 2. The Hall–Kier alpha value is -3.82. The number of nitrogens with zero attached hydrogens (tertiary/aromatic N) is 1. The van der Waals surface area contributed by atoms with E-state index in [4.69, 9.17) is 18.9 Å². The summed E-state index contributed by atoms with van der Waals surface area (Å²) in [7, 11) is 9.90. The van der Waals surface area contributed by atoms with Gasteiger partial charge in [-0.3, -0.25) is 0 Å². The van der Waals surface area contributed by atoms with Gasteiger partial charge in [0, 0.05) is 31.2 Å². The van der Waals surface area contributed by atoms with Crippen LogP contribution in [0.1, 0.15) is 45.5 Å². The summed E-state index contributed by atoms with van der Waals surface area (Å²) in [6.45, 7) is 1.92. The van der Waals surface area contributed by atoms with Crippen molar-refractivity contribution < 1.29 is 63.4 Å². The zero-order chi connectivity index (χ0) is 31.5. The number of likely N-dealkylation sites (N-methyl/N-ethyl adjacent to an activating group) is 2. The van der Waals surface area contributed by atoms with Gasteiger partial charge in [0.2, 0.25) is 5.75 Å². The number of benzene rings is 4. The second-order valence-electron chi connectivity index (χ2n) is 13.3. The highest BCUT2D eigenvalue weighted by molar-refractivity contribution is 5.61. The summed E-state index contributed by atoms with van der Waals surface area (Å²) >= 11 is 0. The van der Waals surface area contributed by atoms with Crippen LogP contribution in [-0.4, -0.2) is 63.1 Å². The number of halogens is 2. The average Bonchev–Trinajstić information content (AvgIpc) is 3.03. The number of phenolic OH excluding ortho intramolecular Hbond substituents is 2. The van der Waals surface area contributed by atoms with Crippen LogP contribution in [0.15, 0.2) is 60.7 Å². The van der Waals surface area contributed by atoms with Crippen LogP contribution in [0.25, 0.3) is 0 Å². The van der Waals surface area contributed by atoms with Crippen molar-refractivity contribution in [3.8, 4) is 46.0 Å². The molecule has 6 bridgehead atoms. The second kappa shape index (κ2) is 13.4. The Bertz CT molecular complexity index is 1780. The summed E-state index contributed by atoms with van der Waals surface area (Å²) in [6, 6.07) is 20.1. The summed E-state index contributed by atoms with van der Waals surface area (Å²) in [5, 5.41) is 22.5. The minimum absolute atomic E-state index is 0. The van der Waals surface area contributed by atoms with E-state index in [1.807, 2.05) is 30.3 Å². The maximum atomic E-state index is 11.5. The van der Waals surface area contributed by atoms with E-state index in [9.17, 15) is 10.2 Å². The van der Waals surface area contributed by atoms with Gasteiger partial charge in [0.25, 0.3) is 0 Å². The Morgan fingerprint density at radius 2 is 1.49 bits per heavy atom. The Kier molecular flexibility index (Phi) is 9.81. The topological polar surface area (TPSA) is 81.8 Å². The van der Waals surface area contributed by atoms with E-state index in [2.05, 4.69) is 45.4 Å². The van der Waals surface area contributed by atoms with Gasteiger partial charge in [-0.1, -0.05) is 18.2 Å². The van der Waals surface area contributed by atoms with E-state index in [1.165, 1.54) is 21.6 Å². The summed E-state index contributed by atoms with van der Waals surface area (Å²) in [5.41, 5.74) is 6.75. The molecule has 4 heterocycles.